The quantitative estimate of drug-likeness (QED) is 0.761. The van der Waals surface area contributed by atoms with Crippen molar-refractivity contribution in [3.05, 3.63) is 34.8 Å². The molecule has 1 fully saturated rings. The molecule has 2 atom stereocenters. The lowest BCUT2D eigenvalue weighted by atomic mass is 10.2. The van der Waals surface area contributed by atoms with Gasteiger partial charge in [0.25, 0.3) is 5.91 Å². The molecule has 0 spiro atoms. The van der Waals surface area contributed by atoms with Crippen molar-refractivity contribution in [2.75, 3.05) is 32.1 Å². The van der Waals surface area contributed by atoms with Gasteiger partial charge in [-0.3, -0.25) is 15.0 Å². The van der Waals surface area contributed by atoms with Gasteiger partial charge in [0.2, 0.25) is 0 Å². The molecular weight excluding hydrogens is 378 g/mol. The number of benzene rings is 1. The van der Waals surface area contributed by atoms with Gasteiger partial charge in [-0.2, -0.15) is 0 Å². The molecule has 1 amide bonds. The van der Waals surface area contributed by atoms with Gasteiger partial charge in [0, 0.05) is 30.6 Å². The summed E-state index contributed by atoms with van der Waals surface area (Å²) in [5.41, 5.74) is 1.44. The van der Waals surface area contributed by atoms with Gasteiger partial charge in [0.1, 0.15) is 0 Å². The van der Waals surface area contributed by atoms with Crippen LogP contribution in [-0.2, 0) is 11.3 Å². The standard InChI is InChI=1S/C20H27N3O4S/c1-5-26-17-7-6-15(8-18(17)25-4)19(24)22-20-21-16(12-28-20)11-23-9-13(2)27-14(3)10-23/h6-8,12-14H,5,9-11H2,1-4H3,(H,21,22,24)/t13-,14+. The third kappa shape index (κ3) is 5.21. The first-order valence-electron chi connectivity index (χ1n) is 9.42. The van der Waals surface area contributed by atoms with Crippen LogP contribution >= 0.6 is 11.3 Å². The molecule has 1 aliphatic heterocycles. The Hall–Kier alpha value is -2.16. The second-order valence-corrected chi connectivity index (χ2v) is 7.71. The smallest absolute Gasteiger partial charge is 0.257 e. The van der Waals surface area contributed by atoms with E-state index < -0.39 is 0 Å². The predicted molar refractivity (Wildman–Crippen MR) is 110 cm³/mol. The van der Waals surface area contributed by atoms with Gasteiger partial charge in [-0.25, -0.2) is 4.98 Å². The molecule has 1 aliphatic rings. The van der Waals surface area contributed by atoms with Crippen molar-refractivity contribution < 1.29 is 19.0 Å². The summed E-state index contributed by atoms with van der Waals surface area (Å²) >= 11 is 1.43. The molecule has 0 radical (unpaired) electrons. The van der Waals surface area contributed by atoms with Crippen LogP contribution in [0.4, 0.5) is 5.13 Å². The molecule has 0 unspecified atom stereocenters. The highest BCUT2D eigenvalue weighted by molar-refractivity contribution is 7.13. The number of carbonyl (C=O) groups excluding carboxylic acids is 1. The van der Waals surface area contributed by atoms with Gasteiger partial charge in [0.15, 0.2) is 16.6 Å². The fourth-order valence-corrected chi connectivity index (χ4v) is 4.03. The highest BCUT2D eigenvalue weighted by Gasteiger charge is 2.23. The molecule has 0 aliphatic carbocycles. The summed E-state index contributed by atoms with van der Waals surface area (Å²) in [6.45, 7) is 9.12. The monoisotopic (exact) mass is 405 g/mol. The zero-order valence-corrected chi connectivity index (χ0v) is 17.5. The van der Waals surface area contributed by atoms with Crippen LogP contribution in [0.5, 0.6) is 11.5 Å². The van der Waals surface area contributed by atoms with Crippen LogP contribution in [0.3, 0.4) is 0 Å². The minimum atomic E-state index is -0.226. The lowest BCUT2D eigenvalue weighted by Gasteiger charge is -2.34. The first-order valence-corrected chi connectivity index (χ1v) is 10.3. The molecular formula is C20H27N3O4S. The van der Waals surface area contributed by atoms with Crippen molar-refractivity contribution in [1.82, 2.24) is 9.88 Å². The van der Waals surface area contributed by atoms with E-state index in [1.165, 1.54) is 11.3 Å². The number of methoxy groups -OCH3 is 1. The molecule has 1 N–H and O–H groups in total. The first kappa shape index (κ1) is 20.6. The van der Waals surface area contributed by atoms with Crippen LogP contribution in [0.25, 0.3) is 0 Å². The third-order valence-corrected chi connectivity index (χ3v) is 5.19. The van der Waals surface area contributed by atoms with Crippen molar-refractivity contribution in [2.24, 2.45) is 0 Å². The van der Waals surface area contributed by atoms with E-state index in [1.807, 2.05) is 12.3 Å². The lowest BCUT2D eigenvalue weighted by Crippen LogP contribution is -2.44. The van der Waals surface area contributed by atoms with E-state index >= 15 is 0 Å². The molecule has 2 aromatic rings. The Balaban J connectivity index is 1.62. The van der Waals surface area contributed by atoms with E-state index in [0.717, 1.165) is 25.3 Å². The second-order valence-electron chi connectivity index (χ2n) is 6.85. The molecule has 0 saturated carbocycles. The van der Waals surface area contributed by atoms with Gasteiger partial charge < -0.3 is 14.2 Å². The SMILES string of the molecule is CCOc1ccc(C(=O)Nc2nc(CN3C[C@@H](C)O[C@@H](C)C3)cs2)cc1OC. The zero-order chi connectivity index (χ0) is 20.1. The second kappa shape index (κ2) is 9.36. The Labute approximate surface area is 169 Å². The number of aromatic nitrogens is 1. The van der Waals surface area contributed by atoms with E-state index in [4.69, 9.17) is 14.2 Å². The average Bonchev–Trinajstić information content (AvgIpc) is 3.08. The summed E-state index contributed by atoms with van der Waals surface area (Å²) in [6, 6.07) is 5.13. The Bertz CT molecular complexity index is 800. The number of rotatable bonds is 7. The van der Waals surface area contributed by atoms with Gasteiger partial charge in [-0.1, -0.05) is 0 Å². The van der Waals surface area contributed by atoms with Gasteiger partial charge in [0.05, 0.1) is 31.6 Å². The molecule has 0 bridgehead atoms. The summed E-state index contributed by atoms with van der Waals surface area (Å²) in [4.78, 5) is 19.5. The van der Waals surface area contributed by atoms with Crippen molar-refractivity contribution in [3.63, 3.8) is 0 Å². The molecule has 2 heterocycles. The fraction of sp³-hybridized carbons (Fsp3) is 0.500. The summed E-state index contributed by atoms with van der Waals surface area (Å²) < 4.78 is 16.6. The van der Waals surface area contributed by atoms with Crippen molar-refractivity contribution in [1.29, 1.82) is 0 Å². The van der Waals surface area contributed by atoms with Crippen molar-refractivity contribution in [2.45, 2.75) is 39.5 Å². The van der Waals surface area contributed by atoms with Crippen LogP contribution in [0.1, 0.15) is 36.8 Å². The highest BCUT2D eigenvalue weighted by atomic mass is 32.1. The maximum Gasteiger partial charge on any atom is 0.257 e. The third-order valence-electron chi connectivity index (χ3n) is 4.38. The van der Waals surface area contributed by atoms with Crippen LogP contribution in [0.2, 0.25) is 0 Å². The van der Waals surface area contributed by atoms with Crippen molar-refractivity contribution in [3.8, 4) is 11.5 Å². The molecule has 28 heavy (non-hydrogen) atoms. The Morgan fingerprint density at radius 1 is 1.32 bits per heavy atom. The number of ether oxygens (including phenoxy) is 3. The molecule has 1 aromatic heterocycles. The highest BCUT2D eigenvalue weighted by Crippen LogP contribution is 2.28. The zero-order valence-electron chi connectivity index (χ0n) is 16.7. The number of morpholine rings is 1. The molecule has 7 nitrogen and oxygen atoms in total. The van der Waals surface area contributed by atoms with E-state index in [-0.39, 0.29) is 18.1 Å². The first-order chi connectivity index (χ1) is 13.5. The molecule has 152 valence electrons. The minimum Gasteiger partial charge on any atom is -0.493 e. The average molecular weight is 406 g/mol. The number of hydrogen-bond donors (Lipinski definition) is 1. The number of amides is 1. The molecule has 1 saturated heterocycles. The van der Waals surface area contributed by atoms with Crippen LogP contribution in [0.15, 0.2) is 23.6 Å². The molecule has 3 rings (SSSR count). The molecule has 8 heteroatoms. The Morgan fingerprint density at radius 2 is 2.07 bits per heavy atom. The lowest BCUT2D eigenvalue weighted by molar-refractivity contribution is -0.0707. The number of carbonyl (C=O) groups is 1. The number of nitrogens with one attached hydrogen (secondary N) is 1. The van der Waals surface area contributed by atoms with E-state index in [0.29, 0.717) is 28.8 Å². The number of anilines is 1. The summed E-state index contributed by atoms with van der Waals surface area (Å²) in [5.74, 6) is 0.924. The Kier molecular flexibility index (Phi) is 6.88. The largest absolute Gasteiger partial charge is 0.493 e. The van der Waals surface area contributed by atoms with E-state index in [1.54, 1.807) is 25.3 Å². The van der Waals surface area contributed by atoms with Crippen LogP contribution < -0.4 is 14.8 Å². The fourth-order valence-electron chi connectivity index (χ4n) is 3.33. The summed E-state index contributed by atoms with van der Waals surface area (Å²) in [7, 11) is 1.56. The maximum atomic E-state index is 12.6. The van der Waals surface area contributed by atoms with E-state index in [2.05, 4.69) is 29.0 Å². The normalized spacial score (nSPS) is 20.0. The van der Waals surface area contributed by atoms with Gasteiger partial charge >= 0.3 is 0 Å². The predicted octanol–water partition coefficient (Wildman–Crippen LogP) is 3.41. The topological polar surface area (TPSA) is 72.9 Å². The number of thiazole rings is 1. The Morgan fingerprint density at radius 3 is 2.75 bits per heavy atom. The summed E-state index contributed by atoms with van der Waals surface area (Å²) in [6.07, 6.45) is 0.437. The van der Waals surface area contributed by atoms with Crippen molar-refractivity contribution >= 4 is 22.4 Å². The van der Waals surface area contributed by atoms with Crippen LogP contribution in [0, 0.1) is 0 Å². The van der Waals surface area contributed by atoms with Gasteiger partial charge in [-0.15, -0.1) is 11.3 Å². The minimum absolute atomic E-state index is 0.219. The number of nitrogens with zero attached hydrogens (tertiary/aromatic N) is 2. The van der Waals surface area contributed by atoms with Gasteiger partial charge in [-0.05, 0) is 39.0 Å². The van der Waals surface area contributed by atoms with E-state index in [9.17, 15) is 4.79 Å². The number of hydrogen-bond acceptors (Lipinski definition) is 7. The maximum absolute atomic E-state index is 12.6. The molecule has 1 aromatic carbocycles. The summed E-state index contributed by atoms with van der Waals surface area (Å²) in [5, 5.41) is 5.44. The van der Waals surface area contributed by atoms with Crippen LogP contribution in [-0.4, -0.2) is 54.8 Å².